The van der Waals surface area contributed by atoms with Crippen molar-refractivity contribution in [1.29, 1.82) is 0 Å². The van der Waals surface area contributed by atoms with E-state index in [0.717, 1.165) is 73.1 Å². The van der Waals surface area contributed by atoms with Crippen LogP contribution in [-0.4, -0.2) is 0 Å². The predicted octanol–water partition coefficient (Wildman–Crippen LogP) is 38.6. The van der Waals surface area contributed by atoms with Gasteiger partial charge in [-0.15, -0.1) is 34.0 Å². The normalized spacial score (nSPS) is 12.6. The van der Waals surface area contributed by atoms with Crippen molar-refractivity contribution >= 4 is 178 Å². The zero-order valence-electron chi connectivity index (χ0n) is 76.1. The molecule has 137 heavy (non-hydrogen) atoms. The maximum absolute atomic E-state index is 6.23. The molecule has 0 saturated carbocycles. The van der Waals surface area contributed by atoms with Crippen LogP contribution in [0.15, 0.2) is 484 Å². The van der Waals surface area contributed by atoms with Gasteiger partial charge in [0.15, 0.2) is 0 Å². The minimum Gasteiger partial charge on any atom is -0.456 e. The first-order valence-electron chi connectivity index (χ1n) is 47.0. The average molecular weight is 1810 g/mol. The second-order valence-corrected chi connectivity index (χ2v) is 40.3. The molecule has 0 radical (unpaired) electrons. The number of nitrogens with zero attached hydrogens (tertiary/aromatic N) is 3. The zero-order chi connectivity index (χ0) is 91.4. The van der Waals surface area contributed by atoms with Gasteiger partial charge < -0.3 is 19.1 Å². The maximum Gasteiger partial charge on any atom is 0.137 e. The summed E-state index contributed by atoms with van der Waals surface area (Å²) >= 11 is 5.58. The molecule has 0 saturated heterocycles. The molecular formula is C130H91N3OS3. The first-order valence-corrected chi connectivity index (χ1v) is 49.5. The van der Waals surface area contributed by atoms with Crippen LogP contribution in [0, 0.1) is 0 Å². The quantitative estimate of drug-likeness (QED) is 0.108. The van der Waals surface area contributed by atoms with Gasteiger partial charge in [-0.25, -0.2) is 0 Å². The molecule has 4 heterocycles. The molecule has 0 aliphatic heterocycles. The number of hydrogen-bond donors (Lipinski definition) is 0. The van der Waals surface area contributed by atoms with Crippen molar-refractivity contribution in [2.75, 3.05) is 14.7 Å². The highest BCUT2D eigenvalue weighted by Gasteiger charge is 2.37. The van der Waals surface area contributed by atoms with Crippen molar-refractivity contribution in [3.63, 3.8) is 0 Å². The van der Waals surface area contributed by atoms with Crippen LogP contribution in [0.1, 0.15) is 49.9 Å². The molecule has 0 spiro atoms. The molecule has 0 bridgehead atoms. The number of benzene rings is 21. The number of rotatable bonds is 14. The highest BCUT2D eigenvalue weighted by Crippen LogP contribution is 2.54. The Morgan fingerprint density at radius 1 is 0.168 bits per heavy atom. The fraction of sp³-hybridized carbons (Fsp3) is 0.0462. The molecule has 0 fully saturated rings. The van der Waals surface area contributed by atoms with Crippen LogP contribution < -0.4 is 14.7 Å². The Kier molecular flexibility index (Phi) is 20.5. The summed E-state index contributed by atoms with van der Waals surface area (Å²) < 4.78 is 14.1. The molecule has 0 atom stereocenters. The lowest BCUT2D eigenvalue weighted by Crippen LogP contribution is -2.14. The van der Waals surface area contributed by atoms with Gasteiger partial charge >= 0.3 is 0 Å². The number of anilines is 9. The molecule has 4 nitrogen and oxygen atoms in total. The molecule has 21 aromatic carbocycles. The summed E-state index contributed by atoms with van der Waals surface area (Å²) in [6.45, 7) is 9.35. The van der Waals surface area contributed by atoms with Gasteiger partial charge in [-0.3, -0.25) is 0 Å². The Hall–Kier alpha value is -16.3. The van der Waals surface area contributed by atoms with Gasteiger partial charge in [0.05, 0.1) is 0 Å². The molecule has 0 unspecified atom stereocenters. The summed E-state index contributed by atoms with van der Waals surface area (Å²) in [6, 6.07) is 175. The number of hydrogen-bond acceptors (Lipinski definition) is 7. The molecule has 0 amide bonds. The standard InChI is InChI=1S/C51H37NS.C43H31NS.C36H23NOS/c1-51(2)47-19-11-9-17-43(47)46-32-37(23-28-48(46)51)36-21-24-40(25-22-36)52(41-26-27-45-44-18-10-12-20-49(44)53-50(45)33-41)42-30-38(34-13-5-3-6-14-34)29-39(31-42)35-15-7-4-8-16-35;1-43(2)39-13-7-5-11-35(39)38-26-31(18-24-40(38)43)29-15-19-32(20-16-29)44(33-21-17-28-9-3-4-10-30(28)25-33)34-22-23-37-36-12-6-8-14-41(36)45-42(37)27-34;1-2-8-26(9-3-1)37(28-19-20-30-29-10-4-6-12-33(29)38-34(30)23-28)27-17-14-24(15-18-27)25-16-21-36-32(22-25)31-11-5-7-13-35(31)39-36/h3-33H,1-2H3;3-27H,1-2H3;1-23H. The lowest BCUT2D eigenvalue weighted by molar-refractivity contribution is 0.660. The molecule has 7 heteroatoms. The van der Waals surface area contributed by atoms with Crippen LogP contribution in [0.2, 0.25) is 0 Å². The molecular weight excluding hydrogens is 1720 g/mol. The van der Waals surface area contributed by atoms with Crippen LogP contribution in [0.25, 0.3) is 171 Å². The van der Waals surface area contributed by atoms with Crippen molar-refractivity contribution in [1.82, 2.24) is 0 Å². The number of fused-ring (bicyclic) bond motifs is 19. The highest BCUT2D eigenvalue weighted by molar-refractivity contribution is 7.26. The monoisotopic (exact) mass is 1810 g/mol. The highest BCUT2D eigenvalue weighted by atomic mass is 32.1. The van der Waals surface area contributed by atoms with Gasteiger partial charge in [0.2, 0.25) is 0 Å². The summed E-state index contributed by atoms with van der Waals surface area (Å²) in [6.07, 6.45) is 0. The van der Waals surface area contributed by atoms with Crippen LogP contribution >= 0.6 is 34.0 Å². The Labute approximate surface area is 809 Å². The van der Waals surface area contributed by atoms with E-state index in [1.165, 1.54) is 171 Å². The molecule has 650 valence electrons. The smallest absolute Gasteiger partial charge is 0.137 e. The summed E-state index contributed by atoms with van der Waals surface area (Å²) in [5, 5.41) is 12.7. The maximum atomic E-state index is 6.23. The van der Waals surface area contributed by atoms with Gasteiger partial charge in [-0.1, -0.05) is 337 Å². The van der Waals surface area contributed by atoms with E-state index in [2.05, 4.69) is 510 Å². The van der Waals surface area contributed by atoms with Crippen molar-refractivity contribution < 1.29 is 4.42 Å². The number of furan rings is 1. The minimum absolute atomic E-state index is 0.00276. The van der Waals surface area contributed by atoms with E-state index in [1.807, 2.05) is 46.1 Å². The molecule has 27 rings (SSSR count). The van der Waals surface area contributed by atoms with E-state index in [1.54, 1.807) is 0 Å². The van der Waals surface area contributed by atoms with Gasteiger partial charge in [-0.05, 0) is 275 Å². The van der Waals surface area contributed by atoms with Gasteiger partial charge in [0.1, 0.15) is 11.2 Å². The van der Waals surface area contributed by atoms with Crippen LogP contribution in [0.5, 0.6) is 0 Å². The fourth-order valence-corrected chi connectivity index (χ4v) is 24.6. The number of thiophene rings is 3. The Morgan fingerprint density at radius 3 is 1.02 bits per heavy atom. The summed E-state index contributed by atoms with van der Waals surface area (Å²) in [7, 11) is 0. The molecule has 2 aliphatic rings. The largest absolute Gasteiger partial charge is 0.456 e. The lowest BCUT2D eigenvalue weighted by atomic mass is 9.82. The van der Waals surface area contributed by atoms with E-state index >= 15 is 0 Å². The van der Waals surface area contributed by atoms with Gasteiger partial charge in [0.25, 0.3) is 0 Å². The Morgan fingerprint density at radius 2 is 0.496 bits per heavy atom. The van der Waals surface area contributed by atoms with E-state index in [-0.39, 0.29) is 10.8 Å². The van der Waals surface area contributed by atoms with E-state index < -0.39 is 0 Å². The third kappa shape index (κ3) is 14.9. The second-order valence-electron chi connectivity index (χ2n) is 37.0. The zero-order valence-corrected chi connectivity index (χ0v) is 78.5. The molecule has 25 aromatic rings. The average Bonchev–Trinajstić information content (AvgIpc) is 1.58. The predicted molar refractivity (Wildman–Crippen MR) is 589 cm³/mol. The third-order valence-corrected chi connectivity index (χ3v) is 31.6. The van der Waals surface area contributed by atoms with E-state index in [0.29, 0.717) is 0 Å². The van der Waals surface area contributed by atoms with Crippen molar-refractivity contribution in [3.05, 3.63) is 501 Å². The van der Waals surface area contributed by atoms with E-state index in [9.17, 15) is 0 Å². The molecule has 0 N–H and O–H groups in total. The summed E-state index contributed by atoms with van der Waals surface area (Å²) in [4.78, 5) is 7.10. The van der Waals surface area contributed by atoms with Crippen molar-refractivity contribution in [2.45, 2.75) is 38.5 Å². The Bertz CT molecular complexity index is 8920. The lowest BCUT2D eigenvalue weighted by Gasteiger charge is -2.27. The summed E-state index contributed by atoms with van der Waals surface area (Å²) in [5.74, 6) is 0. The molecule has 2 aliphatic carbocycles. The first-order chi connectivity index (χ1) is 67.4. The van der Waals surface area contributed by atoms with Crippen molar-refractivity contribution in [3.8, 4) is 77.9 Å². The van der Waals surface area contributed by atoms with Crippen LogP contribution in [0.4, 0.5) is 51.2 Å². The van der Waals surface area contributed by atoms with Crippen LogP contribution in [0.3, 0.4) is 0 Å². The van der Waals surface area contributed by atoms with Gasteiger partial charge in [-0.2, -0.15) is 0 Å². The second kappa shape index (κ2) is 34.0. The van der Waals surface area contributed by atoms with Crippen molar-refractivity contribution in [2.24, 2.45) is 0 Å². The first kappa shape index (κ1) is 82.6. The Balaban J connectivity index is 0.000000110. The fourth-order valence-electron chi connectivity index (χ4n) is 21.2. The van der Waals surface area contributed by atoms with E-state index in [4.69, 9.17) is 4.42 Å². The van der Waals surface area contributed by atoms with Crippen LogP contribution in [-0.2, 0) is 10.8 Å². The summed E-state index contributed by atoms with van der Waals surface area (Å²) in [5.41, 5.74) is 35.1. The minimum atomic E-state index is -0.00276. The topological polar surface area (TPSA) is 22.9 Å². The SMILES string of the molecule is CC1(C)c2ccccc2-c2cc(-c3ccc(N(c4cc(-c5ccccc5)cc(-c5ccccc5)c4)c4ccc5c(c4)sc4ccccc45)cc3)ccc21.CC1(C)c2ccccc2-c2cc(-c3ccc(N(c4ccc5ccccc5c4)c4ccc5c(c4)sc4ccccc45)cc3)ccc21.c1ccc(N(c2ccc(-c3ccc4sc5ccccc5c4c3)cc2)c2ccc3c(c2)oc2ccccc23)cc1. The molecule has 4 aromatic heterocycles. The third-order valence-electron chi connectivity index (χ3n) is 28.2. The van der Waals surface area contributed by atoms with Gasteiger partial charge in [0, 0.05) is 139 Å². The number of para-hydroxylation sites is 2.